The van der Waals surface area contributed by atoms with Crippen LogP contribution in [0.25, 0.3) is 11.4 Å². The van der Waals surface area contributed by atoms with Crippen LogP contribution in [-0.4, -0.2) is 45.0 Å². The summed E-state index contributed by atoms with van der Waals surface area (Å²) in [6, 6.07) is 18.3. The quantitative estimate of drug-likeness (QED) is 0.512. The molecule has 2 aromatic carbocycles. The summed E-state index contributed by atoms with van der Waals surface area (Å²) in [5.41, 5.74) is 3.93. The summed E-state index contributed by atoms with van der Waals surface area (Å²) < 4.78 is 5.53. The van der Waals surface area contributed by atoms with Crippen LogP contribution in [0.2, 0.25) is 0 Å². The molecule has 2 N–H and O–H groups in total. The zero-order chi connectivity index (χ0) is 21.6. The fourth-order valence-electron chi connectivity index (χ4n) is 3.60. The Morgan fingerprint density at radius 2 is 1.97 bits per heavy atom. The lowest BCUT2D eigenvalue weighted by molar-refractivity contribution is -0.136. The minimum Gasteiger partial charge on any atom is -0.481 e. The minimum atomic E-state index is -0.806. The lowest BCUT2D eigenvalue weighted by Gasteiger charge is -2.21. The van der Waals surface area contributed by atoms with Crippen LogP contribution in [0.3, 0.4) is 0 Å². The number of hydrazone groups is 1. The van der Waals surface area contributed by atoms with Gasteiger partial charge in [-0.15, -0.1) is 0 Å². The smallest absolute Gasteiger partial charge is 0.304 e. The highest BCUT2D eigenvalue weighted by Crippen LogP contribution is 2.32. The first kappa shape index (κ1) is 20.7. The van der Waals surface area contributed by atoms with Crippen LogP contribution in [0.5, 0.6) is 0 Å². The molecule has 0 amide bonds. The number of aromatic nitrogens is 2. The van der Waals surface area contributed by atoms with Crippen molar-refractivity contribution in [1.29, 1.82) is 0 Å². The van der Waals surface area contributed by atoms with Crippen LogP contribution in [0, 0.1) is 0 Å². The first-order valence-corrected chi connectivity index (χ1v) is 10.4. The van der Waals surface area contributed by atoms with Gasteiger partial charge in [-0.2, -0.15) is 10.1 Å². The number of nitrogens with zero attached hydrogens (tertiary/aromatic N) is 4. The van der Waals surface area contributed by atoms with E-state index in [1.54, 1.807) is 0 Å². The molecular weight excluding hydrogens is 394 g/mol. The normalized spacial score (nSPS) is 15.8. The molecule has 1 aliphatic rings. The van der Waals surface area contributed by atoms with E-state index in [-0.39, 0.29) is 12.5 Å². The molecule has 2 heterocycles. The topological polar surface area (TPSA) is 104 Å². The molecule has 160 valence electrons. The Kier molecular flexibility index (Phi) is 6.37. The van der Waals surface area contributed by atoms with E-state index in [4.69, 9.17) is 14.7 Å². The molecule has 0 bridgehead atoms. The average Bonchev–Trinajstić information content (AvgIpc) is 3.45. The predicted octanol–water partition coefficient (Wildman–Crippen LogP) is 3.47. The standard InChI is InChI=1S/C23H25N5O3/c1-2-28-20(17-6-4-3-5-7-17)14-19(26-28)23-25-22(27-31-23)18-10-8-16(9-11-18)15-24-13-12-21(29)30/h3-11,20,24H,2,12-15H2,1H3,(H,29,30). The Bertz CT molecular complexity index is 1050. The van der Waals surface area contributed by atoms with Crippen molar-refractivity contribution >= 4 is 11.7 Å². The number of aliphatic carboxylic acids is 1. The molecule has 0 saturated heterocycles. The summed E-state index contributed by atoms with van der Waals surface area (Å²) >= 11 is 0. The van der Waals surface area contributed by atoms with E-state index in [9.17, 15) is 4.79 Å². The van der Waals surface area contributed by atoms with E-state index in [1.165, 1.54) is 5.56 Å². The molecule has 0 radical (unpaired) electrons. The number of carboxylic acid groups (broad SMARTS) is 1. The molecule has 1 atom stereocenters. The van der Waals surface area contributed by atoms with Crippen molar-refractivity contribution in [2.75, 3.05) is 13.1 Å². The molecule has 0 fully saturated rings. The van der Waals surface area contributed by atoms with Gasteiger partial charge in [-0.1, -0.05) is 59.8 Å². The molecule has 1 aromatic heterocycles. The number of nitrogens with one attached hydrogen (secondary N) is 1. The van der Waals surface area contributed by atoms with E-state index in [0.717, 1.165) is 29.8 Å². The number of hydrogen-bond donors (Lipinski definition) is 2. The van der Waals surface area contributed by atoms with E-state index in [0.29, 0.717) is 24.8 Å². The van der Waals surface area contributed by atoms with E-state index in [2.05, 4.69) is 39.5 Å². The van der Waals surface area contributed by atoms with Crippen LogP contribution in [0.15, 0.2) is 64.2 Å². The summed E-state index contributed by atoms with van der Waals surface area (Å²) in [6.45, 7) is 3.92. The van der Waals surface area contributed by atoms with Gasteiger partial charge < -0.3 is 14.9 Å². The van der Waals surface area contributed by atoms with Gasteiger partial charge in [-0.25, -0.2) is 0 Å². The van der Waals surface area contributed by atoms with Crippen LogP contribution < -0.4 is 5.32 Å². The van der Waals surface area contributed by atoms with Gasteiger partial charge in [0.25, 0.3) is 5.89 Å². The second-order valence-corrected chi connectivity index (χ2v) is 7.37. The fraction of sp³-hybridized carbons (Fsp3) is 0.304. The van der Waals surface area contributed by atoms with Crippen LogP contribution in [0.4, 0.5) is 0 Å². The van der Waals surface area contributed by atoms with Gasteiger partial charge in [0.05, 0.1) is 12.5 Å². The Labute approximate surface area is 180 Å². The van der Waals surface area contributed by atoms with Gasteiger partial charge in [0, 0.05) is 31.6 Å². The van der Waals surface area contributed by atoms with Crippen LogP contribution in [0.1, 0.15) is 42.8 Å². The molecule has 1 aliphatic heterocycles. The Morgan fingerprint density at radius 3 is 2.68 bits per heavy atom. The molecule has 31 heavy (non-hydrogen) atoms. The third-order valence-electron chi connectivity index (χ3n) is 5.23. The van der Waals surface area contributed by atoms with E-state index >= 15 is 0 Å². The maximum atomic E-state index is 10.6. The zero-order valence-electron chi connectivity index (χ0n) is 17.4. The molecule has 0 spiro atoms. The second kappa shape index (κ2) is 9.53. The van der Waals surface area contributed by atoms with Crippen molar-refractivity contribution < 1.29 is 14.4 Å². The summed E-state index contributed by atoms with van der Waals surface area (Å²) in [5.74, 6) is 0.167. The summed E-state index contributed by atoms with van der Waals surface area (Å²) in [7, 11) is 0. The number of rotatable bonds is 9. The largest absolute Gasteiger partial charge is 0.481 e. The highest BCUT2D eigenvalue weighted by atomic mass is 16.5. The first-order valence-electron chi connectivity index (χ1n) is 10.4. The molecular formula is C23H25N5O3. The second-order valence-electron chi connectivity index (χ2n) is 7.37. The summed E-state index contributed by atoms with van der Waals surface area (Å²) in [4.78, 5) is 15.1. The third kappa shape index (κ3) is 4.97. The zero-order valence-corrected chi connectivity index (χ0v) is 17.4. The number of benzene rings is 2. The van der Waals surface area contributed by atoms with Crippen molar-refractivity contribution in [2.24, 2.45) is 5.10 Å². The van der Waals surface area contributed by atoms with Crippen LogP contribution >= 0.6 is 0 Å². The maximum absolute atomic E-state index is 10.6. The highest BCUT2D eigenvalue weighted by molar-refractivity contribution is 5.98. The predicted molar refractivity (Wildman–Crippen MR) is 116 cm³/mol. The Morgan fingerprint density at radius 1 is 1.19 bits per heavy atom. The van der Waals surface area contributed by atoms with Crippen molar-refractivity contribution in [3.05, 3.63) is 71.6 Å². The van der Waals surface area contributed by atoms with Gasteiger partial charge in [-0.05, 0) is 18.1 Å². The van der Waals surface area contributed by atoms with Gasteiger partial charge >= 0.3 is 5.97 Å². The van der Waals surface area contributed by atoms with Gasteiger partial charge in [-0.3, -0.25) is 9.80 Å². The molecule has 8 heteroatoms. The number of hydrogen-bond acceptors (Lipinski definition) is 7. The minimum absolute atomic E-state index is 0.105. The summed E-state index contributed by atoms with van der Waals surface area (Å²) in [5, 5.41) is 22.7. The van der Waals surface area contributed by atoms with E-state index in [1.807, 2.05) is 42.5 Å². The molecule has 1 unspecified atom stereocenters. The van der Waals surface area contributed by atoms with Crippen molar-refractivity contribution in [3.63, 3.8) is 0 Å². The van der Waals surface area contributed by atoms with Crippen LogP contribution in [-0.2, 0) is 11.3 Å². The van der Waals surface area contributed by atoms with Gasteiger partial charge in [0.15, 0.2) is 0 Å². The molecule has 0 saturated carbocycles. The molecule has 3 aromatic rings. The number of carboxylic acids is 1. The first-order chi connectivity index (χ1) is 15.1. The SMILES string of the molecule is CCN1N=C(c2nc(-c3ccc(CNCCC(=O)O)cc3)no2)CC1c1ccccc1. The lowest BCUT2D eigenvalue weighted by Crippen LogP contribution is -2.18. The average molecular weight is 419 g/mol. The summed E-state index contributed by atoms with van der Waals surface area (Å²) in [6.07, 6.45) is 0.828. The third-order valence-corrected chi connectivity index (χ3v) is 5.23. The van der Waals surface area contributed by atoms with Gasteiger partial charge in [0.2, 0.25) is 5.82 Å². The lowest BCUT2D eigenvalue weighted by atomic mass is 10.0. The highest BCUT2D eigenvalue weighted by Gasteiger charge is 2.30. The van der Waals surface area contributed by atoms with Crippen molar-refractivity contribution in [3.8, 4) is 11.4 Å². The fourth-order valence-corrected chi connectivity index (χ4v) is 3.60. The van der Waals surface area contributed by atoms with Crippen molar-refractivity contribution in [2.45, 2.75) is 32.4 Å². The van der Waals surface area contributed by atoms with E-state index < -0.39 is 5.97 Å². The number of carbonyl (C=O) groups is 1. The molecule has 8 nitrogen and oxygen atoms in total. The van der Waals surface area contributed by atoms with Gasteiger partial charge in [0.1, 0.15) is 5.71 Å². The Hall–Kier alpha value is -3.52. The Balaban J connectivity index is 1.42. The monoisotopic (exact) mass is 419 g/mol. The maximum Gasteiger partial charge on any atom is 0.304 e. The molecule has 0 aliphatic carbocycles. The van der Waals surface area contributed by atoms with Crippen molar-refractivity contribution in [1.82, 2.24) is 20.5 Å². The molecule has 4 rings (SSSR count).